The van der Waals surface area contributed by atoms with Gasteiger partial charge in [-0.25, -0.2) is 23.7 Å². The highest BCUT2D eigenvalue weighted by molar-refractivity contribution is 7.17. The van der Waals surface area contributed by atoms with Gasteiger partial charge in [-0.05, 0) is 6.07 Å². The number of hydrogen-bond donors (Lipinski definition) is 1. The number of piperidine rings is 1. The Morgan fingerprint density at radius 2 is 2.12 bits per heavy atom. The lowest BCUT2D eigenvalue weighted by molar-refractivity contribution is -0.136. The third-order valence-electron chi connectivity index (χ3n) is 5.06. The number of aromatic nitrogens is 3. The van der Waals surface area contributed by atoms with Crippen LogP contribution >= 0.6 is 11.3 Å². The normalized spacial score (nSPS) is 19.2. The maximum Gasteiger partial charge on any atom is 0.419 e. The molecule has 1 fully saturated rings. The molecule has 1 aliphatic rings. The molecule has 32 heavy (non-hydrogen) atoms. The Bertz CT molecular complexity index is 1150. The number of carbonyl (C=O) groups excluding carboxylic acids is 2. The van der Waals surface area contributed by atoms with E-state index in [2.05, 4.69) is 15.3 Å². The Morgan fingerprint density at radius 1 is 1.34 bits per heavy atom. The number of anilines is 1. The Morgan fingerprint density at radius 3 is 2.75 bits per heavy atom. The number of amides is 1. The summed E-state index contributed by atoms with van der Waals surface area (Å²) in [5, 5.41) is 3.69. The number of imidazole rings is 1. The molecule has 0 bridgehead atoms. The van der Waals surface area contributed by atoms with Crippen LogP contribution in [0.1, 0.15) is 22.3 Å². The lowest BCUT2D eigenvalue weighted by Gasteiger charge is -2.35. The number of rotatable bonds is 3. The van der Waals surface area contributed by atoms with Crippen LogP contribution in [0.3, 0.4) is 0 Å². The molecule has 2 unspecified atom stereocenters. The van der Waals surface area contributed by atoms with Crippen LogP contribution in [0.15, 0.2) is 30.2 Å². The van der Waals surface area contributed by atoms with Gasteiger partial charge in [-0.2, -0.15) is 13.2 Å². The fraction of sp³-hybridized carbons (Fsp3) is 0.368. The van der Waals surface area contributed by atoms with Crippen LogP contribution in [0, 0.1) is 0 Å². The summed E-state index contributed by atoms with van der Waals surface area (Å²) < 4.78 is 61.9. The number of thiophene rings is 1. The summed E-state index contributed by atoms with van der Waals surface area (Å²) in [7, 11) is 1.36. The third-order valence-corrected chi connectivity index (χ3v) is 6.06. The molecule has 4 rings (SSSR count). The van der Waals surface area contributed by atoms with Crippen LogP contribution in [-0.2, 0) is 10.9 Å². The van der Waals surface area contributed by atoms with Crippen LogP contribution in [0.2, 0.25) is 0 Å². The molecular weight excluding hydrogens is 454 g/mol. The lowest BCUT2D eigenvalue weighted by atomic mass is 10.1. The van der Waals surface area contributed by atoms with Crippen molar-refractivity contribution in [2.45, 2.75) is 24.9 Å². The summed E-state index contributed by atoms with van der Waals surface area (Å²) in [6.45, 7) is -0.214. The van der Waals surface area contributed by atoms with E-state index in [0.717, 1.165) is 22.0 Å². The van der Waals surface area contributed by atoms with Crippen LogP contribution in [0.25, 0.3) is 10.2 Å². The summed E-state index contributed by atoms with van der Waals surface area (Å²) >= 11 is 0.772. The SMILES string of the molecule is CNC(=O)c1csc2c(C(F)(F)F)cc(N3CCC(OC(=O)n4ccnc4)C(F)C3)nc12. The molecule has 1 amide bonds. The van der Waals surface area contributed by atoms with Crippen molar-refractivity contribution >= 4 is 39.4 Å². The Hall–Kier alpha value is -3.22. The van der Waals surface area contributed by atoms with Crippen molar-refractivity contribution in [3.8, 4) is 0 Å². The molecule has 3 aromatic rings. The summed E-state index contributed by atoms with van der Waals surface area (Å²) in [6.07, 6.45) is -4.20. The highest BCUT2D eigenvalue weighted by atomic mass is 32.1. The van der Waals surface area contributed by atoms with Gasteiger partial charge in [0.25, 0.3) is 5.91 Å². The average Bonchev–Trinajstić information content (AvgIpc) is 3.43. The minimum absolute atomic E-state index is 0.0146. The minimum Gasteiger partial charge on any atom is -0.442 e. The summed E-state index contributed by atoms with van der Waals surface area (Å²) in [4.78, 5) is 33.4. The van der Waals surface area contributed by atoms with Crippen molar-refractivity contribution in [1.29, 1.82) is 0 Å². The van der Waals surface area contributed by atoms with Gasteiger partial charge < -0.3 is 15.0 Å². The van der Waals surface area contributed by atoms with Gasteiger partial charge in [0, 0.05) is 37.8 Å². The van der Waals surface area contributed by atoms with Crippen molar-refractivity contribution in [1.82, 2.24) is 19.9 Å². The van der Waals surface area contributed by atoms with E-state index in [4.69, 9.17) is 4.74 Å². The topological polar surface area (TPSA) is 89.4 Å². The standard InChI is InChI=1S/C19H17F4N5O3S/c1-24-17(29)10-8-32-16-11(19(21,22)23)6-14(26-15(10)16)27-4-2-13(12(20)7-27)31-18(30)28-5-3-25-9-28/h3,5-6,8-9,12-13H,2,4,7H2,1H3,(H,24,29). The highest BCUT2D eigenvalue weighted by Crippen LogP contribution is 2.40. The Balaban J connectivity index is 1.61. The maximum atomic E-state index is 14.8. The predicted octanol–water partition coefficient (Wildman–Crippen LogP) is 3.47. The molecule has 1 N–H and O–H groups in total. The predicted molar refractivity (Wildman–Crippen MR) is 108 cm³/mol. The van der Waals surface area contributed by atoms with Gasteiger partial charge >= 0.3 is 12.3 Å². The second-order valence-corrected chi connectivity index (χ2v) is 7.95. The van der Waals surface area contributed by atoms with Crippen LogP contribution in [0.5, 0.6) is 0 Å². The first-order valence-corrected chi connectivity index (χ1v) is 10.4. The number of fused-ring (bicyclic) bond motifs is 1. The van der Waals surface area contributed by atoms with E-state index in [9.17, 15) is 27.2 Å². The molecule has 13 heteroatoms. The molecule has 0 saturated carbocycles. The molecule has 8 nitrogen and oxygen atoms in total. The Labute approximate surface area is 182 Å². The first kappa shape index (κ1) is 22.0. The van der Waals surface area contributed by atoms with E-state index in [1.165, 1.54) is 36.0 Å². The Kier molecular flexibility index (Phi) is 5.75. The third kappa shape index (κ3) is 4.11. The van der Waals surface area contributed by atoms with E-state index < -0.39 is 36.0 Å². The monoisotopic (exact) mass is 471 g/mol. The average molecular weight is 471 g/mol. The zero-order chi connectivity index (χ0) is 23.0. The van der Waals surface area contributed by atoms with Gasteiger partial charge in [-0.3, -0.25) is 4.79 Å². The quantitative estimate of drug-likeness (QED) is 0.589. The molecule has 0 radical (unpaired) electrons. The fourth-order valence-electron chi connectivity index (χ4n) is 3.45. The zero-order valence-corrected chi connectivity index (χ0v) is 17.4. The smallest absolute Gasteiger partial charge is 0.419 e. The zero-order valence-electron chi connectivity index (χ0n) is 16.6. The summed E-state index contributed by atoms with van der Waals surface area (Å²) in [5.41, 5.74) is -1.02. The summed E-state index contributed by atoms with van der Waals surface area (Å²) in [6, 6.07) is 0.858. The molecule has 0 aromatic carbocycles. The number of pyridine rings is 1. The number of hydrogen-bond acceptors (Lipinski definition) is 7. The van der Waals surface area contributed by atoms with Gasteiger partial charge in [0.2, 0.25) is 0 Å². The molecule has 4 heterocycles. The summed E-state index contributed by atoms with van der Waals surface area (Å²) in [5.74, 6) is -0.669. The van der Waals surface area contributed by atoms with Crippen molar-refractivity contribution < 1.29 is 31.9 Å². The van der Waals surface area contributed by atoms with Crippen molar-refractivity contribution in [3.05, 3.63) is 41.3 Å². The van der Waals surface area contributed by atoms with Gasteiger partial charge in [0.15, 0.2) is 6.17 Å². The molecule has 0 aliphatic carbocycles. The van der Waals surface area contributed by atoms with E-state index in [-0.39, 0.29) is 41.1 Å². The van der Waals surface area contributed by atoms with E-state index in [0.29, 0.717) is 0 Å². The number of alkyl halides is 4. The van der Waals surface area contributed by atoms with E-state index in [1.807, 2.05) is 0 Å². The van der Waals surface area contributed by atoms with Crippen LogP contribution in [0.4, 0.5) is 28.2 Å². The number of carbonyl (C=O) groups is 2. The molecule has 170 valence electrons. The van der Waals surface area contributed by atoms with E-state index in [1.54, 1.807) is 0 Å². The second-order valence-electron chi connectivity index (χ2n) is 7.07. The largest absolute Gasteiger partial charge is 0.442 e. The number of nitrogens with zero attached hydrogens (tertiary/aromatic N) is 4. The van der Waals surface area contributed by atoms with Crippen molar-refractivity contribution in [2.24, 2.45) is 0 Å². The molecular formula is C19H17F4N5O3S. The van der Waals surface area contributed by atoms with Crippen LogP contribution < -0.4 is 10.2 Å². The number of nitrogens with one attached hydrogen (secondary N) is 1. The minimum atomic E-state index is -4.69. The highest BCUT2D eigenvalue weighted by Gasteiger charge is 2.38. The lowest BCUT2D eigenvalue weighted by Crippen LogP contribution is -2.47. The second kappa shape index (κ2) is 8.37. The van der Waals surface area contributed by atoms with Gasteiger partial charge in [-0.1, -0.05) is 0 Å². The van der Waals surface area contributed by atoms with E-state index >= 15 is 0 Å². The van der Waals surface area contributed by atoms with Crippen molar-refractivity contribution in [2.75, 3.05) is 25.0 Å². The van der Waals surface area contributed by atoms with Gasteiger partial charge in [0.1, 0.15) is 18.2 Å². The molecule has 3 aromatic heterocycles. The van der Waals surface area contributed by atoms with Gasteiger partial charge in [-0.15, -0.1) is 11.3 Å². The van der Waals surface area contributed by atoms with Crippen LogP contribution in [-0.4, -0.2) is 58.9 Å². The first-order valence-electron chi connectivity index (χ1n) is 9.48. The molecule has 1 aliphatic heterocycles. The molecule has 0 spiro atoms. The maximum absolute atomic E-state index is 14.8. The van der Waals surface area contributed by atoms with Gasteiger partial charge in [0.05, 0.1) is 27.9 Å². The fourth-order valence-corrected chi connectivity index (χ4v) is 4.47. The van der Waals surface area contributed by atoms with Crippen molar-refractivity contribution in [3.63, 3.8) is 0 Å². The first-order chi connectivity index (χ1) is 15.2. The number of ether oxygens (including phenoxy) is 1. The molecule has 1 saturated heterocycles. The number of halogens is 4. The molecule has 2 atom stereocenters.